The van der Waals surface area contributed by atoms with Crippen LogP contribution in [-0.2, 0) is 4.74 Å². The maximum atomic E-state index is 5.77. The second-order valence-electron chi connectivity index (χ2n) is 4.03. The van der Waals surface area contributed by atoms with Gasteiger partial charge in [0.2, 0.25) is 0 Å². The second-order valence-corrected chi connectivity index (χ2v) is 4.03. The standard InChI is InChI=1S/C13H14N2O2/c14-15-13(11-6-3-7-16-11)12-8-9-4-1-2-5-10(9)17-12/h1-2,4-6,8,13,15H,3,7,14H2. The van der Waals surface area contributed by atoms with E-state index in [1.807, 2.05) is 36.4 Å². The van der Waals surface area contributed by atoms with Crippen molar-refractivity contribution in [3.63, 3.8) is 0 Å². The number of nitrogens with one attached hydrogen (secondary N) is 1. The van der Waals surface area contributed by atoms with Gasteiger partial charge >= 0.3 is 0 Å². The molecule has 0 bridgehead atoms. The van der Waals surface area contributed by atoms with Gasteiger partial charge in [0.1, 0.15) is 23.1 Å². The number of hydrogen-bond donors (Lipinski definition) is 2. The number of nitrogens with two attached hydrogens (primary N) is 1. The molecule has 0 spiro atoms. The summed E-state index contributed by atoms with van der Waals surface area (Å²) in [4.78, 5) is 0. The van der Waals surface area contributed by atoms with E-state index in [1.165, 1.54) is 0 Å². The van der Waals surface area contributed by atoms with Crippen LogP contribution >= 0.6 is 0 Å². The van der Waals surface area contributed by atoms with Crippen molar-refractivity contribution in [2.75, 3.05) is 6.61 Å². The Morgan fingerprint density at radius 3 is 2.88 bits per heavy atom. The molecule has 2 heterocycles. The Hall–Kier alpha value is -1.78. The van der Waals surface area contributed by atoms with Crippen molar-refractivity contribution in [3.8, 4) is 0 Å². The summed E-state index contributed by atoms with van der Waals surface area (Å²) in [6.45, 7) is 0.716. The van der Waals surface area contributed by atoms with Gasteiger partial charge < -0.3 is 9.15 Å². The molecular weight excluding hydrogens is 216 g/mol. The van der Waals surface area contributed by atoms with Gasteiger partial charge in [-0.15, -0.1) is 0 Å². The molecule has 4 heteroatoms. The lowest BCUT2D eigenvalue weighted by Crippen LogP contribution is -2.29. The zero-order chi connectivity index (χ0) is 11.7. The highest BCUT2D eigenvalue weighted by Gasteiger charge is 2.22. The van der Waals surface area contributed by atoms with Crippen LogP contribution in [0.15, 0.2) is 46.6 Å². The van der Waals surface area contributed by atoms with Crippen LogP contribution in [-0.4, -0.2) is 6.61 Å². The van der Waals surface area contributed by atoms with Crippen molar-refractivity contribution in [2.24, 2.45) is 5.84 Å². The molecule has 1 aliphatic heterocycles. The first-order valence-electron chi connectivity index (χ1n) is 5.66. The molecule has 3 N–H and O–H groups in total. The highest BCUT2D eigenvalue weighted by atomic mass is 16.5. The summed E-state index contributed by atoms with van der Waals surface area (Å²) >= 11 is 0. The number of ether oxygens (including phenoxy) is 1. The predicted molar refractivity (Wildman–Crippen MR) is 64.9 cm³/mol. The largest absolute Gasteiger partial charge is 0.496 e. The molecule has 0 radical (unpaired) electrons. The molecule has 1 aromatic heterocycles. The molecular formula is C13H14N2O2. The SMILES string of the molecule is NNC(C1=CCCO1)c1cc2ccccc2o1. The number of hydrogen-bond acceptors (Lipinski definition) is 4. The molecule has 1 aromatic carbocycles. The van der Waals surface area contributed by atoms with Gasteiger partial charge in [-0.1, -0.05) is 18.2 Å². The molecule has 1 atom stereocenters. The van der Waals surface area contributed by atoms with Crippen LogP contribution in [0, 0.1) is 0 Å². The Kier molecular flexibility index (Phi) is 2.59. The molecule has 2 aromatic rings. The Morgan fingerprint density at radius 1 is 1.29 bits per heavy atom. The minimum absolute atomic E-state index is 0.204. The zero-order valence-electron chi connectivity index (χ0n) is 9.35. The molecule has 0 saturated carbocycles. The van der Waals surface area contributed by atoms with Gasteiger partial charge in [0, 0.05) is 11.8 Å². The van der Waals surface area contributed by atoms with Gasteiger partial charge in [0.15, 0.2) is 0 Å². The van der Waals surface area contributed by atoms with Crippen molar-refractivity contribution in [3.05, 3.63) is 47.9 Å². The third-order valence-electron chi connectivity index (χ3n) is 2.91. The summed E-state index contributed by atoms with van der Waals surface area (Å²) in [6, 6.07) is 9.67. The fraction of sp³-hybridized carbons (Fsp3) is 0.231. The van der Waals surface area contributed by atoms with Crippen LogP contribution in [0.1, 0.15) is 18.2 Å². The van der Waals surface area contributed by atoms with Crippen molar-refractivity contribution in [1.29, 1.82) is 0 Å². The maximum Gasteiger partial charge on any atom is 0.136 e. The number of furan rings is 1. The van der Waals surface area contributed by atoms with E-state index < -0.39 is 0 Å². The van der Waals surface area contributed by atoms with E-state index in [4.69, 9.17) is 15.0 Å². The smallest absolute Gasteiger partial charge is 0.136 e. The molecule has 0 fully saturated rings. The monoisotopic (exact) mass is 230 g/mol. The van der Waals surface area contributed by atoms with Crippen LogP contribution in [0.4, 0.5) is 0 Å². The van der Waals surface area contributed by atoms with Crippen molar-refractivity contribution >= 4 is 11.0 Å². The number of benzene rings is 1. The summed E-state index contributed by atoms with van der Waals surface area (Å²) in [5.41, 5.74) is 3.60. The highest BCUT2D eigenvalue weighted by Crippen LogP contribution is 2.30. The fourth-order valence-electron chi connectivity index (χ4n) is 2.09. The summed E-state index contributed by atoms with van der Waals surface area (Å²) in [6.07, 6.45) is 2.96. The first-order valence-corrected chi connectivity index (χ1v) is 5.66. The quantitative estimate of drug-likeness (QED) is 0.627. The second kappa shape index (κ2) is 4.24. The van der Waals surface area contributed by atoms with E-state index in [-0.39, 0.29) is 6.04 Å². The third-order valence-corrected chi connectivity index (χ3v) is 2.91. The molecule has 0 aliphatic carbocycles. The van der Waals surface area contributed by atoms with Crippen molar-refractivity contribution in [1.82, 2.24) is 5.43 Å². The number of para-hydroxylation sites is 1. The van der Waals surface area contributed by atoms with Gasteiger partial charge in [-0.3, -0.25) is 5.84 Å². The van der Waals surface area contributed by atoms with Gasteiger partial charge in [-0.05, 0) is 18.2 Å². The number of rotatable bonds is 3. The fourth-order valence-corrected chi connectivity index (χ4v) is 2.09. The lowest BCUT2D eigenvalue weighted by atomic mass is 10.1. The first kappa shape index (κ1) is 10.4. The van der Waals surface area contributed by atoms with Crippen LogP contribution in [0.3, 0.4) is 0 Å². The summed E-state index contributed by atoms with van der Waals surface area (Å²) in [5.74, 6) is 7.19. The summed E-state index contributed by atoms with van der Waals surface area (Å²) < 4.78 is 11.3. The molecule has 0 amide bonds. The normalized spacial score (nSPS) is 16.9. The molecule has 88 valence electrons. The van der Waals surface area contributed by atoms with Crippen LogP contribution in [0.5, 0.6) is 0 Å². The van der Waals surface area contributed by atoms with E-state index in [9.17, 15) is 0 Å². The molecule has 4 nitrogen and oxygen atoms in total. The Morgan fingerprint density at radius 2 is 2.18 bits per heavy atom. The lowest BCUT2D eigenvalue weighted by Gasteiger charge is -2.14. The van der Waals surface area contributed by atoms with Crippen LogP contribution < -0.4 is 11.3 Å². The average molecular weight is 230 g/mol. The summed E-state index contributed by atoms with van der Waals surface area (Å²) in [5, 5.41) is 1.07. The Bertz CT molecular complexity index is 526. The molecule has 1 unspecified atom stereocenters. The third kappa shape index (κ3) is 1.81. The van der Waals surface area contributed by atoms with Gasteiger partial charge in [-0.2, -0.15) is 0 Å². The lowest BCUT2D eigenvalue weighted by molar-refractivity contribution is 0.208. The van der Waals surface area contributed by atoms with Gasteiger partial charge in [0.05, 0.1) is 6.61 Å². The van der Waals surface area contributed by atoms with Crippen LogP contribution in [0.25, 0.3) is 11.0 Å². The topological polar surface area (TPSA) is 60.4 Å². The van der Waals surface area contributed by atoms with Crippen LogP contribution in [0.2, 0.25) is 0 Å². The van der Waals surface area contributed by atoms with Gasteiger partial charge in [-0.25, -0.2) is 5.43 Å². The number of fused-ring (bicyclic) bond motifs is 1. The highest BCUT2D eigenvalue weighted by molar-refractivity contribution is 5.77. The zero-order valence-corrected chi connectivity index (χ0v) is 9.35. The molecule has 17 heavy (non-hydrogen) atoms. The first-order chi connectivity index (χ1) is 8.38. The maximum absolute atomic E-state index is 5.77. The molecule has 3 rings (SSSR count). The predicted octanol–water partition coefficient (Wildman–Crippen LogP) is 2.24. The van der Waals surface area contributed by atoms with E-state index >= 15 is 0 Å². The van der Waals surface area contributed by atoms with E-state index in [0.717, 1.165) is 28.9 Å². The number of hydrazine groups is 1. The Balaban J connectivity index is 2.00. The summed E-state index contributed by atoms with van der Waals surface area (Å²) in [7, 11) is 0. The molecule has 0 saturated heterocycles. The van der Waals surface area contributed by atoms with E-state index in [2.05, 4.69) is 5.43 Å². The van der Waals surface area contributed by atoms with Crippen molar-refractivity contribution < 1.29 is 9.15 Å². The van der Waals surface area contributed by atoms with Gasteiger partial charge in [0.25, 0.3) is 0 Å². The Labute approximate surface area is 99.0 Å². The molecule has 1 aliphatic rings. The van der Waals surface area contributed by atoms with E-state index in [1.54, 1.807) is 0 Å². The minimum Gasteiger partial charge on any atom is -0.496 e. The van der Waals surface area contributed by atoms with Crippen molar-refractivity contribution in [2.45, 2.75) is 12.5 Å². The minimum atomic E-state index is -0.204. The average Bonchev–Trinajstić information content (AvgIpc) is 2.98. The van der Waals surface area contributed by atoms with E-state index in [0.29, 0.717) is 6.61 Å².